The first-order valence-electron chi connectivity index (χ1n) is 6.86. The number of nitrogens with zero attached hydrogens (tertiary/aromatic N) is 3. The van der Waals surface area contributed by atoms with Gasteiger partial charge >= 0.3 is 6.18 Å². The molecule has 0 atom stereocenters. The molecule has 5 nitrogen and oxygen atoms in total. The van der Waals surface area contributed by atoms with Crippen molar-refractivity contribution < 1.29 is 18.3 Å². The molecule has 8 heteroatoms. The van der Waals surface area contributed by atoms with Crippen molar-refractivity contribution >= 4 is 5.82 Å². The molecule has 0 spiro atoms. The fraction of sp³-hybridized carbons (Fsp3) is 0.429. The summed E-state index contributed by atoms with van der Waals surface area (Å²) in [5.41, 5.74) is 4.84. The van der Waals surface area contributed by atoms with Crippen LogP contribution in [0.3, 0.4) is 0 Å². The molecule has 120 valence electrons. The van der Waals surface area contributed by atoms with Crippen LogP contribution in [0, 0.1) is 0 Å². The highest BCUT2D eigenvalue weighted by molar-refractivity contribution is 5.62. The maximum absolute atomic E-state index is 12.9. The number of nitrogen functional groups attached to an aromatic ring is 1. The summed E-state index contributed by atoms with van der Waals surface area (Å²) in [4.78, 5) is 7.76. The summed E-state index contributed by atoms with van der Waals surface area (Å²) in [5.74, 6) is -0.155. The first-order valence-corrected chi connectivity index (χ1v) is 6.86. The van der Waals surface area contributed by atoms with Gasteiger partial charge in [-0.3, -0.25) is 0 Å². The molecule has 3 N–H and O–H groups in total. The fourth-order valence-electron chi connectivity index (χ4n) is 2.08. The smallest absolute Gasteiger partial charge is 0.388 e. The lowest BCUT2D eigenvalue weighted by Crippen LogP contribution is -2.10. The minimum atomic E-state index is -4.57. The Labute approximate surface area is 125 Å². The van der Waals surface area contributed by atoms with Crippen LogP contribution in [0.25, 0.3) is 11.3 Å². The SMILES string of the molecule is CCCCn1cc(-c2cnc(N)c(C(F)(F)F)c2)nc1CO. The van der Waals surface area contributed by atoms with Gasteiger partial charge in [0.1, 0.15) is 18.2 Å². The van der Waals surface area contributed by atoms with Gasteiger partial charge in [-0.2, -0.15) is 13.2 Å². The van der Waals surface area contributed by atoms with E-state index in [1.54, 1.807) is 10.8 Å². The average molecular weight is 314 g/mol. The van der Waals surface area contributed by atoms with Gasteiger partial charge in [-0.25, -0.2) is 9.97 Å². The summed E-state index contributed by atoms with van der Waals surface area (Å²) in [5, 5.41) is 9.31. The van der Waals surface area contributed by atoms with Crippen LogP contribution in [0.2, 0.25) is 0 Å². The lowest BCUT2D eigenvalue weighted by molar-refractivity contribution is -0.137. The summed E-state index contributed by atoms with van der Waals surface area (Å²) in [6.07, 6.45) is 0.140. The Morgan fingerprint density at radius 1 is 1.36 bits per heavy atom. The number of aromatic nitrogens is 3. The Hall–Kier alpha value is -2.09. The lowest BCUT2D eigenvalue weighted by atomic mass is 10.1. The highest BCUT2D eigenvalue weighted by Crippen LogP contribution is 2.34. The second-order valence-electron chi connectivity index (χ2n) is 4.90. The maximum Gasteiger partial charge on any atom is 0.419 e. The van der Waals surface area contributed by atoms with E-state index in [0.717, 1.165) is 18.9 Å². The van der Waals surface area contributed by atoms with Crippen molar-refractivity contribution in [3.05, 3.63) is 29.8 Å². The van der Waals surface area contributed by atoms with Crippen LogP contribution in [0.1, 0.15) is 31.2 Å². The van der Waals surface area contributed by atoms with Crippen molar-refractivity contribution in [3.63, 3.8) is 0 Å². The van der Waals surface area contributed by atoms with Gasteiger partial charge in [-0.05, 0) is 12.5 Å². The largest absolute Gasteiger partial charge is 0.419 e. The minimum absolute atomic E-state index is 0.214. The molecule has 2 aromatic rings. The number of hydrogen-bond acceptors (Lipinski definition) is 4. The molecule has 0 saturated heterocycles. The van der Waals surface area contributed by atoms with E-state index in [2.05, 4.69) is 9.97 Å². The zero-order valence-corrected chi connectivity index (χ0v) is 12.1. The first-order chi connectivity index (χ1) is 10.4. The molecule has 2 heterocycles. The molecule has 2 rings (SSSR count). The summed E-state index contributed by atoms with van der Waals surface area (Å²) in [6, 6.07) is 0.927. The number of nitrogens with two attached hydrogens (primary N) is 1. The number of imidazole rings is 1. The normalized spacial score (nSPS) is 11.9. The number of unbranched alkanes of at least 4 members (excludes halogenated alkanes) is 1. The van der Waals surface area contributed by atoms with E-state index in [9.17, 15) is 18.3 Å². The van der Waals surface area contributed by atoms with E-state index in [4.69, 9.17) is 5.73 Å². The molecule has 2 aromatic heterocycles. The molecular formula is C14H17F3N4O. The van der Waals surface area contributed by atoms with Crippen LogP contribution in [-0.4, -0.2) is 19.6 Å². The van der Waals surface area contributed by atoms with Crippen LogP contribution in [-0.2, 0) is 19.3 Å². The molecule has 0 saturated carbocycles. The molecule has 0 unspecified atom stereocenters. The molecule has 0 amide bonds. The standard InChI is InChI=1S/C14H17F3N4O/c1-2-3-4-21-7-11(20-12(21)8-22)9-5-10(14(15,16)17)13(18)19-6-9/h5-7,22H,2-4,8H2,1H3,(H2,18,19). The van der Waals surface area contributed by atoms with Crippen LogP contribution in [0.4, 0.5) is 19.0 Å². The molecule has 0 bridgehead atoms. The van der Waals surface area contributed by atoms with Crippen molar-refractivity contribution in [2.45, 2.75) is 39.1 Å². The predicted octanol–water partition coefficient (Wildman–Crippen LogP) is 2.84. The van der Waals surface area contributed by atoms with Crippen LogP contribution < -0.4 is 5.73 Å². The van der Waals surface area contributed by atoms with Gasteiger partial charge in [0.25, 0.3) is 0 Å². The van der Waals surface area contributed by atoms with Crippen molar-refractivity contribution in [1.82, 2.24) is 14.5 Å². The van der Waals surface area contributed by atoms with Crippen molar-refractivity contribution in [3.8, 4) is 11.3 Å². The fourth-order valence-corrected chi connectivity index (χ4v) is 2.08. The first kappa shape index (κ1) is 16.3. The molecule has 0 aliphatic rings. The van der Waals surface area contributed by atoms with Crippen molar-refractivity contribution in [2.24, 2.45) is 0 Å². The maximum atomic E-state index is 12.9. The molecular weight excluding hydrogens is 297 g/mol. The minimum Gasteiger partial charge on any atom is -0.388 e. The van der Waals surface area contributed by atoms with Gasteiger partial charge in [0, 0.05) is 24.5 Å². The number of alkyl halides is 3. The molecule has 0 radical (unpaired) electrons. The zero-order chi connectivity index (χ0) is 16.3. The molecule has 0 aliphatic heterocycles. The van der Waals surface area contributed by atoms with Gasteiger partial charge in [0.05, 0.1) is 11.3 Å². The van der Waals surface area contributed by atoms with E-state index in [1.807, 2.05) is 6.92 Å². The lowest BCUT2D eigenvalue weighted by Gasteiger charge is -2.09. The third kappa shape index (κ3) is 3.38. The van der Waals surface area contributed by atoms with E-state index < -0.39 is 17.6 Å². The Balaban J connectivity index is 2.42. The van der Waals surface area contributed by atoms with Gasteiger partial charge in [-0.1, -0.05) is 13.3 Å². The quantitative estimate of drug-likeness (QED) is 0.889. The Morgan fingerprint density at radius 3 is 2.68 bits per heavy atom. The molecule has 0 aromatic carbocycles. The summed E-state index contributed by atoms with van der Waals surface area (Å²) < 4.78 is 40.4. The molecule has 22 heavy (non-hydrogen) atoms. The Kier molecular flexibility index (Phi) is 4.70. The number of aliphatic hydroxyl groups is 1. The van der Waals surface area contributed by atoms with E-state index >= 15 is 0 Å². The number of halogens is 3. The number of hydrogen-bond donors (Lipinski definition) is 2. The highest BCUT2D eigenvalue weighted by atomic mass is 19.4. The van der Waals surface area contributed by atoms with Crippen LogP contribution >= 0.6 is 0 Å². The molecule has 0 fully saturated rings. The molecule has 0 aliphatic carbocycles. The summed E-state index contributed by atoms with van der Waals surface area (Å²) >= 11 is 0. The number of aryl methyl sites for hydroxylation is 1. The predicted molar refractivity (Wildman–Crippen MR) is 75.7 cm³/mol. The number of pyridine rings is 1. The van der Waals surface area contributed by atoms with Gasteiger partial charge in [0.2, 0.25) is 0 Å². The monoisotopic (exact) mass is 314 g/mol. The average Bonchev–Trinajstić information content (AvgIpc) is 2.87. The second-order valence-corrected chi connectivity index (χ2v) is 4.90. The number of aliphatic hydroxyl groups excluding tert-OH is 1. The second kappa shape index (κ2) is 6.35. The van der Waals surface area contributed by atoms with Gasteiger partial charge in [-0.15, -0.1) is 0 Å². The van der Waals surface area contributed by atoms with Gasteiger partial charge < -0.3 is 15.4 Å². The van der Waals surface area contributed by atoms with Crippen LogP contribution in [0.5, 0.6) is 0 Å². The van der Waals surface area contributed by atoms with Crippen LogP contribution in [0.15, 0.2) is 18.5 Å². The Bertz CT molecular complexity index is 652. The van der Waals surface area contributed by atoms with E-state index in [0.29, 0.717) is 18.1 Å². The van der Waals surface area contributed by atoms with Gasteiger partial charge in [0.15, 0.2) is 0 Å². The third-order valence-electron chi connectivity index (χ3n) is 3.27. The van der Waals surface area contributed by atoms with Crippen molar-refractivity contribution in [1.29, 1.82) is 0 Å². The van der Waals surface area contributed by atoms with E-state index in [1.165, 1.54) is 6.20 Å². The van der Waals surface area contributed by atoms with E-state index in [-0.39, 0.29) is 12.2 Å². The summed E-state index contributed by atoms with van der Waals surface area (Å²) in [7, 11) is 0. The highest BCUT2D eigenvalue weighted by Gasteiger charge is 2.34. The zero-order valence-electron chi connectivity index (χ0n) is 12.1. The third-order valence-corrected chi connectivity index (χ3v) is 3.27. The number of rotatable bonds is 5. The van der Waals surface area contributed by atoms with Crippen molar-refractivity contribution in [2.75, 3.05) is 5.73 Å². The topological polar surface area (TPSA) is 77.0 Å². The summed E-state index contributed by atoms with van der Waals surface area (Å²) in [6.45, 7) is 2.39. The Morgan fingerprint density at radius 2 is 2.09 bits per heavy atom. The number of anilines is 1.